The summed E-state index contributed by atoms with van der Waals surface area (Å²) in [6.07, 6.45) is 2.72. The zero-order valence-electron chi connectivity index (χ0n) is 11.5. The van der Waals surface area contributed by atoms with Crippen molar-refractivity contribution in [2.75, 3.05) is 17.6 Å². The molecule has 1 saturated heterocycles. The molecule has 0 aromatic heterocycles. The first-order valence-electron chi connectivity index (χ1n) is 6.54. The van der Waals surface area contributed by atoms with E-state index in [0.29, 0.717) is 6.54 Å². The molecule has 1 aliphatic rings. The number of likely N-dealkylation sites (tertiary alicyclic amines) is 1. The van der Waals surface area contributed by atoms with Gasteiger partial charge in [0.1, 0.15) is 5.60 Å². The summed E-state index contributed by atoms with van der Waals surface area (Å²) in [5.74, 6) is 0.197. The highest BCUT2D eigenvalue weighted by Gasteiger charge is 2.33. The smallest absolute Gasteiger partial charge is 0.410 e. The summed E-state index contributed by atoms with van der Waals surface area (Å²) < 4.78 is 6.48. The Labute approximate surface area is 123 Å². The number of alkyl halides is 1. The molecule has 0 bridgehead atoms. The molecular weight excluding hydrogens is 345 g/mol. The number of aliphatic hydroxyl groups excluding tert-OH is 1. The normalized spacial score (nSPS) is 25.1. The molecule has 4 nitrogen and oxygen atoms in total. The van der Waals surface area contributed by atoms with Crippen molar-refractivity contribution in [3.63, 3.8) is 0 Å². The highest BCUT2D eigenvalue weighted by Crippen LogP contribution is 2.26. The van der Waals surface area contributed by atoms with Gasteiger partial charge in [0.2, 0.25) is 0 Å². The Bertz CT molecular complexity index is 278. The minimum atomic E-state index is -0.460. The monoisotopic (exact) mass is 369 g/mol. The first-order chi connectivity index (χ1) is 8.37. The van der Waals surface area contributed by atoms with Gasteiger partial charge < -0.3 is 14.7 Å². The van der Waals surface area contributed by atoms with Crippen LogP contribution in [0.5, 0.6) is 0 Å². The molecule has 0 aromatic rings. The van der Waals surface area contributed by atoms with Crippen LogP contribution < -0.4 is 0 Å². The van der Waals surface area contributed by atoms with Gasteiger partial charge in [-0.3, -0.25) is 0 Å². The van der Waals surface area contributed by atoms with Crippen molar-refractivity contribution in [1.29, 1.82) is 0 Å². The van der Waals surface area contributed by atoms with E-state index in [-0.39, 0.29) is 24.7 Å². The molecule has 1 heterocycles. The van der Waals surface area contributed by atoms with Gasteiger partial charge in [-0.2, -0.15) is 0 Å². The Hall–Kier alpha value is -0.0400. The first-order valence-corrected chi connectivity index (χ1v) is 8.06. The van der Waals surface area contributed by atoms with Gasteiger partial charge in [0.25, 0.3) is 0 Å². The molecule has 5 heteroatoms. The molecule has 1 fully saturated rings. The Balaban J connectivity index is 2.68. The molecule has 1 aliphatic heterocycles. The number of piperidine rings is 1. The zero-order chi connectivity index (χ0) is 13.8. The van der Waals surface area contributed by atoms with Crippen LogP contribution >= 0.6 is 22.6 Å². The van der Waals surface area contributed by atoms with Gasteiger partial charge in [-0.1, -0.05) is 22.6 Å². The van der Waals surface area contributed by atoms with Crippen LogP contribution in [0.25, 0.3) is 0 Å². The third-order valence-electron chi connectivity index (χ3n) is 3.13. The van der Waals surface area contributed by atoms with E-state index in [1.54, 1.807) is 0 Å². The first kappa shape index (κ1) is 16.0. The van der Waals surface area contributed by atoms with Crippen LogP contribution in [0.2, 0.25) is 0 Å². The van der Waals surface area contributed by atoms with E-state index in [4.69, 9.17) is 4.74 Å². The number of carbonyl (C=O) groups excluding carboxylic acids is 1. The lowest BCUT2D eigenvalue weighted by molar-refractivity contribution is -0.00178. The number of nitrogens with zero attached hydrogens (tertiary/aromatic N) is 1. The fraction of sp³-hybridized carbons (Fsp3) is 0.923. The fourth-order valence-electron chi connectivity index (χ4n) is 2.22. The van der Waals surface area contributed by atoms with E-state index in [0.717, 1.165) is 23.7 Å². The number of halogens is 1. The van der Waals surface area contributed by atoms with E-state index in [1.165, 1.54) is 0 Å². The number of rotatable bonds is 3. The number of ether oxygens (including phenoxy) is 1. The fourth-order valence-corrected chi connectivity index (χ4v) is 2.94. The molecule has 1 unspecified atom stereocenters. The van der Waals surface area contributed by atoms with E-state index in [9.17, 15) is 9.90 Å². The number of hydrogen-bond acceptors (Lipinski definition) is 3. The van der Waals surface area contributed by atoms with Gasteiger partial charge in [0.15, 0.2) is 0 Å². The lowest BCUT2D eigenvalue weighted by Crippen LogP contribution is -2.49. The highest BCUT2D eigenvalue weighted by molar-refractivity contribution is 14.1. The quantitative estimate of drug-likeness (QED) is 0.615. The Morgan fingerprint density at radius 2 is 2.11 bits per heavy atom. The summed E-state index contributed by atoms with van der Waals surface area (Å²) in [6, 6.07) is 0.263. The molecule has 0 aromatic carbocycles. The van der Waals surface area contributed by atoms with Crippen molar-refractivity contribution >= 4 is 28.7 Å². The van der Waals surface area contributed by atoms with Gasteiger partial charge in [0.05, 0.1) is 0 Å². The van der Waals surface area contributed by atoms with Crippen molar-refractivity contribution in [3.05, 3.63) is 0 Å². The number of amides is 1. The molecule has 0 saturated carbocycles. The van der Waals surface area contributed by atoms with Crippen LogP contribution in [0.1, 0.15) is 40.0 Å². The van der Waals surface area contributed by atoms with Gasteiger partial charge in [-0.25, -0.2) is 4.79 Å². The van der Waals surface area contributed by atoms with Crippen LogP contribution in [0.4, 0.5) is 4.79 Å². The third-order valence-corrected chi connectivity index (χ3v) is 3.76. The van der Waals surface area contributed by atoms with Gasteiger partial charge in [-0.15, -0.1) is 0 Å². The molecule has 1 N–H and O–H groups in total. The summed E-state index contributed by atoms with van der Waals surface area (Å²) in [6.45, 7) is 6.41. The predicted molar refractivity (Wildman–Crippen MR) is 80.0 cm³/mol. The second kappa shape index (κ2) is 6.93. The van der Waals surface area contributed by atoms with E-state index in [2.05, 4.69) is 22.6 Å². The van der Waals surface area contributed by atoms with E-state index in [1.807, 2.05) is 25.7 Å². The number of aliphatic hydroxyl groups is 1. The van der Waals surface area contributed by atoms with Crippen molar-refractivity contribution in [2.45, 2.75) is 51.7 Å². The molecule has 18 heavy (non-hydrogen) atoms. The third kappa shape index (κ3) is 4.91. The maximum Gasteiger partial charge on any atom is 0.410 e. The van der Waals surface area contributed by atoms with Crippen LogP contribution in [-0.4, -0.2) is 45.3 Å². The molecule has 0 aliphatic carbocycles. The largest absolute Gasteiger partial charge is 0.444 e. The average molecular weight is 369 g/mol. The number of hydrogen-bond donors (Lipinski definition) is 1. The summed E-state index contributed by atoms with van der Waals surface area (Å²) >= 11 is 2.34. The molecular formula is C13H24INO3. The van der Waals surface area contributed by atoms with Crippen LogP contribution in [-0.2, 0) is 4.74 Å². The topological polar surface area (TPSA) is 49.8 Å². The van der Waals surface area contributed by atoms with Crippen molar-refractivity contribution in [1.82, 2.24) is 4.90 Å². The summed E-state index contributed by atoms with van der Waals surface area (Å²) in [7, 11) is 0. The Morgan fingerprint density at radius 1 is 1.44 bits per heavy atom. The molecule has 0 spiro atoms. The standard InChI is InChI=1S/C13H24INO3/c1-13(2,3)18-12(17)15-8-10(9-16)4-5-11(15)6-7-14/h10-11,16H,4-9H2,1-3H3/t10-,11?/m0/s1. The lowest BCUT2D eigenvalue weighted by Gasteiger charge is -2.39. The maximum absolute atomic E-state index is 12.2. The van der Waals surface area contributed by atoms with Crippen molar-refractivity contribution < 1.29 is 14.6 Å². The van der Waals surface area contributed by atoms with Crippen LogP contribution in [0.3, 0.4) is 0 Å². The molecule has 1 rings (SSSR count). The molecule has 0 radical (unpaired) electrons. The summed E-state index contributed by atoms with van der Waals surface area (Å²) in [5, 5.41) is 9.26. The van der Waals surface area contributed by atoms with Crippen LogP contribution in [0, 0.1) is 5.92 Å². The summed E-state index contributed by atoms with van der Waals surface area (Å²) in [5.41, 5.74) is -0.460. The minimum Gasteiger partial charge on any atom is -0.444 e. The van der Waals surface area contributed by atoms with Gasteiger partial charge in [0, 0.05) is 23.6 Å². The lowest BCUT2D eigenvalue weighted by atomic mass is 9.92. The average Bonchev–Trinajstić information content (AvgIpc) is 2.27. The van der Waals surface area contributed by atoms with Crippen molar-refractivity contribution in [2.24, 2.45) is 5.92 Å². The SMILES string of the molecule is CC(C)(C)OC(=O)N1C[C@@H](CO)CCC1CCI. The van der Waals surface area contributed by atoms with Gasteiger partial charge >= 0.3 is 6.09 Å². The van der Waals surface area contributed by atoms with E-state index >= 15 is 0 Å². The number of carbonyl (C=O) groups is 1. The second-order valence-electron chi connectivity index (χ2n) is 5.89. The van der Waals surface area contributed by atoms with Crippen molar-refractivity contribution in [3.8, 4) is 0 Å². The Kier molecular flexibility index (Phi) is 6.17. The van der Waals surface area contributed by atoms with E-state index < -0.39 is 5.60 Å². The van der Waals surface area contributed by atoms with Gasteiger partial charge in [-0.05, 0) is 46.0 Å². The minimum absolute atomic E-state index is 0.149. The molecule has 2 atom stereocenters. The maximum atomic E-state index is 12.2. The summed E-state index contributed by atoms with van der Waals surface area (Å²) in [4.78, 5) is 14.0. The zero-order valence-corrected chi connectivity index (χ0v) is 13.6. The highest BCUT2D eigenvalue weighted by atomic mass is 127. The Morgan fingerprint density at radius 3 is 2.61 bits per heavy atom. The predicted octanol–water partition coefficient (Wildman–Crippen LogP) is 2.82. The molecule has 1 amide bonds. The molecule has 106 valence electrons. The van der Waals surface area contributed by atoms with Crippen LogP contribution in [0.15, 0.2) is 0 Å². The second-order valence-corrected chi connectivity index (χ2v) is 6.97.